The summed E-state index contributed by atoms with van der Waals surface area (Å²) in [4.78, 5) is 38.1. The zero-order valence-electron chi connectivity index (χ0n) is 18.7. The van der Waals surface area contributed by atoms with E-state index in [0.717, 1.165) is 6.42 Å². The molecule has 0 unspecified atom stereocenters. The van der Waals surface area contributed by atoms with Gasteiger partial charge in [0.1, 0.15) is 5.82 Å². The van der Waals surface area contributed by atoms with E-state index in [1.54, 1.807) is 32.4 Å². The van der Waals surface area contributed by atoms with Crippen LogP contribution < -0.4 is 10.6 Å². The topological polar surface area (TPSA) is 80.2 Å². The minimum atomic E-state index is -0.693. The standard InChI is InChI=1S/C23H30FN3O3/c1-8-23(5,6)12-25-22(30)20(28)19-14(3)18(15(4)27(19)7)21(29)26-16-9-10-17(24)13(2)11-16/h9-11H,8,12H2,1-7H3,(H,25,30)(H,26,29). The van der Waals surface area contributed by atoms with Crippen LogP contribution in [-0.4, -0.2) is 28.7 Å². The quantitative estimate of drug-likeness (QED) is 0.528. The van der Waals surface area contributed by atoms with Gasteiger partial charge in [-0.2, -0.15) is 0 Å². The second kappa shape index (κ2) is 8.81. The van der Waals surface area contributed by atoms with Crippen LogP contribution in [0.3, 0.4) is 0 Å². The van der Waals surface area contributed by atoms with Crippen molar-refractivity contribution in [3.8, 4) is 0 Å². The van der Waals surface area contributed by atoms with Crippen LogP contribution in [0, 0.1) is 32.0 Å². The number of rotatable bonds is 7. The van der Waals surface area contributed by atoms with Crippen LogP contribution in [0.5, 0.6) is 0 Å². The first kappa shape index (κ1) is 23.3. The van der Waals surface area contributed by atoms with E-state index in [1.807, 2.05) is 20.8 Å². The Hall–Kier alpha value is -2.96. The van der Waals surface area contributed by atoms with E-state index in [2.05, 4.69) is 10.6 Å². The number of hydrogen-bond donors (Lipinski definition) is 2. The summed E-state index contributed by atoms with van der Waals surface area (Å²) in [7, 11) is 1.65. The van der Waals surface area contributed by atoms with Crippen LogP contribution in [0.1, 0.15) is 64.9 Å². The largest absolute Gasteiger partial charge is 0.349 e. The molecule has 162 valence electrons. The molecule has 0 aliphatic heterocycles. The summed E-state index contributed by atoms with van der Waals surface area (Å²) in [6.45, 7) is 11.4. The normalized spacial score (nSPS) is 11.3. The Labute approximate surface area is 176 Å². The van der Waals surface area contributed by atoms with E-state index in [1.165, 1.54) is 18.2 Å². The molecule has 1 aromatic heterocycles. The van der Waals surface area contributed by atoms with E-state index >= 15 is 0 Å². The van der Waals surface area contributed by atoms with Gasteiger partial charge >= 0.3 is 0 Å². The Kier molecular flexibility index (Phi) is 6.85. The number of ketones is 1. The number of amides is 2. The van der Waals surface area contributed by atoms with Crippen LogP contribution in [0.15, 0.2) is 18.2 Å². The van der Waals surface area contributed by atoms with E-state index in [0.29, 0.717) is 34.6 Å². The summed E-state index contributed by atoms with van der Waals surface area (Å²) in [5.41, 5.74) is 2.25. The van der Waals surface area contributed by atoms with Gasteiger partial charge in [0.15, 0.2) is 0 Å². The fourth-order valence-corrected chi connectivity index (χ4v) is 3.18. The van der Waals surface area contributed by atoms with Crippen molar-refractivity contribution in [1.82, 2.24) is 9.88 Å². The molecule has 0 spiro atoms. The van der Waals surface area contributed by atoms with Crippen molar-refractivity contribution >= 4 is 23.3 Å². The first-order valence-corrected chi connectivity index (χ1v) is 9.95. The zero-order chi connectivity index (χ0) is 22.8. The van der Waals surface area contributed by atoms with Gasteiger partial charge in [-0.25, -0.2) is 4.39 Å². The van der Waals surface area contributed by atoms with Gasteiger partial charge in [0.2, 0.25) is 0 Å². The van der Waals surface area contributed by atoms with Gasteiger partial charge in [0.05, 0.1) is 11.3 Å². The Bertz CT molecular complexity index is 1010. The smallest absolute Gasteiger partial charge is 0.294 e. The Morgan fingerprint density at radius 1 is 1.13 bits per heavy atom. The molecule has 2 rings (SSSR count). The van der Waals surface area contributed by atoms with Gasteiger partial charge in [-0.1, -0.05) is 20.8 Å². The summed E-state index contributed by atoms with van der Waals surface area (Å²) in [5, 5.41) is 5.44. The summed E-state index contributed by atoms with van der Waals surface area (Å²) < 4.78 is 15.0. The lowest BCUT2D eigenvalue weighted by atomic mass is 9.90. The summed E-state index contributed by atoms with van der Waals surface area (Å²) in [5.74, 6) is -2.15. The fourth-order valence-electron chi connectivity index (χ4n) is 3.18. The minimum Gasteiger partial charge on any atom is -0.349 e. The van der Waals surface area contributed by atoms with Gasteiger partial charge in [0.25, 0.3) is 17.6 Å². The third kappa shape index (κ3) is 4.78. The Morgan fingerprint density at radius 2 is 1.77 bits per heavy atom. The number of hydrogen-bond acceptors (Lipinski definition) is 3. The predicted molar refractivity (Wildman–Crippen MR) is 115 cm³/mol. The molecule has 0 aliphatic rings. The maximum atomic E-state index is 13.5. The average molecular weight is 416 g/mol. The van der Waals surface area contributed by atoms with Crippen LogP contribution >= 0.6 is 0 Å². The third-order valence-electron chi connectivity index (χ3n) is 5.68. The molecule has 0 fully saturated rings. The highest BCUT2D eigenvalue weighted by atomic mass is 19.1. The maximum Gasteiger partial charge on any atom is 0.294 e. The molecule has 0 bridgehead atoms. The third-order valence-corrected chi connectivity index (χ3v) is 5.68. The zero-order valence-corrected chi connectivity index (χ0v) is 18.7. The summed E-state index contributed by atoms with van der Waals surface area (Å²) >= 11 is 0. The van der Waals surface area contributed by atoms with Crippen LogP contribution in [0.4, 0.5) is 10.1 Å². The number of anilines is 1. The fraction of sp³-hybridized carbons (Fsp3) is 0.435. The number of benzene rings is 1. The molecular weight excluding hydrogens is 385 g/mol. The molecule has 0 saturated heterocycles. The lowest BCUT2D eigenvalue weighted by molar-refractivity contribution is -0.117. The van der Waals surface area contributed by atoms with Crippen molar-refractivity contribution in [3.63, 3.8) is 0 Å². The van der Waals surface area contributed by atoms with Crippen LogP contribution in [0.2, 0.25) is 0 Å². The monoisotopic (exact) mass is 415 g/mol. The predicted octanol–water partition coefficient (Wildman–Crippen LogP) is 4.08. The molecule has 30 heavy (non-hydrogen) atoms. The van der Waals surface area contributed by atoms with Crippen molar-refractivity contribution in [3.05, 3.63) is 52.1 Å². The number of carbonyl (C=O) groups is 3. The number of carbonyl (C=O) groups excluding carboxylic acids is 3. The van der Waals surface area contributed by atoms with Gasteiger partial charge in [-0.05, 0) is 61.9 Å². The second-order valence-electron chi connectivity index (χ2n) is 8.44. The number of nitrogens with zero attached hydrogens (tertiary/aromatic N) is 1. The van der Waals surface area contributed by atoms with E-state index < -0.39 is 17.6 Å². The highest BCUT2D eigenvalue weighted by Crippen LogP contribution is 2.24. The van der Waals surface area contributed by atoms with Crippen molar-refractivity contribution in [2.45, 2.75) is 48.0 Å². The summed E-state index contributed by atoms with van der Waals surface area (Å²) in [6.07, 6.45) is 0.858. The van der Waals surface area contributed by atoms with E-state index in [4.69, 9.17) is 0 Å². The Morgan fingerprint density at radius 3 is 2.33 bits per heavy atom. The van der Waals surface area contributed by atoms with Gasteiger partial charge in [-0.15, -0.1) is 0 Å². The molecule has 0 aliphatic carbocycles. The molecule has 0 radical (unpaired) electrons. The molecule has 0 atom stereocenters. The number of halogens is 1. The number of aromatic nitrogens is 1. The van der Waals surface area contributed by atoms with Crippen molar-refractivity contribution in [2.24, 2.45) is 12.5 Å². The van der Waals surface area contributed by atoms with Gasteiger partial charge in [-0.3, -0.25) is 14.4 Å². The molecule has 2 aromatic rings. The molecular formula is C23H30FN3O3. The van der Waals surface area contributed by atoms with E-state index in [-0.39, 0.29) is 16.9 Å². The molecule has 2 N–H and O–H groups in total. The SMILES string of the molecule is CCC(C)(C)CNC(=O)C(=O)c1c(C)c(C(=O)Nc2ccc(F)c(C)c2)c(C)n1C. The highest BCUT2D eigenvalue weighted by Gasteiger charge is 2.29. The maximum absolute atomic E-state index is 13.5. The number of nitrogens with one attached hydrogen (secondary N) is 2. The molecule has 7 heteroatoms. The van der Waals surface area contributed by atoms with Crippen LogP contribution in [-0.2, 0) is 11.8 Å². The lowest BCUT2D eigenvalue weighted by Crippen LogP contribution is -2.38. The van der Waals surface area contributed by atoms with E-state index in [9.17, 15) is 18.8 Å². The first-order valence-electron chi connectivity index (χ1n) is 9.95. The van der Waals surface area contributed by atoms with Crippen LogP contribution in [0.25, 0.3) is 0 Å². The van der Waals surface area contributed by atoms with Crippen molar-refractivity contribution < 1.29 is 18.8 Å². The minimum absolute atomic E-state index is 0.118. The molecule has 6 nitrogen and oxygen atoms in total. The Balaban J connectivity index is 2.29. The van der Waals surface area contributed by atoms with Gasteiger partial charge < -0.3 is 15.2 Å². The molecule has 0 saturated carbocycles. The first-order chi connectivity index (χ1) is 13.9. The highest BCUT2D eigenvalue weighted by molar-refractivity contribution is 6.43. The van der Waals surface area contributed by atoms with Crippen molar-refractivity contribution in [1.29, 1.82) is 0 Å². The second-order valence-corrected chi connectivity index (χ2v) is 8.44. The molecule has 1 heterocycles. The molecule has 1 aromatic carbocycles. The number of Topliss-reactive ketones (excluding diaryl/α,β-unsaturated/α-hetero) is 1. The molecule has 2 amide bonds. The average Bonchev–Trinajstić information content (AvgIpc) is 2.91. The lowest BCUT2D eigenvalue weighted by Gasteiger charge is -2.22. The number of aryl methyl sites for hydroxylation is 1. The summed E-state index contributed by atoms with van der Waals surface area (Å²) in [6, 6.07) is 4.30. The van der Waals surface area contributed by atoms with Crippen molar-refractivity contribution in [2.75, 3.05) is 11.9 Å². The van der Waals surface area contributed by atoms with Gasteiger partial charge in [0, 0.05) is 25.0 Å².